The number of hydrogen-bond donors (Lipinski definition) is 0. The van der Waals surface area contributed by atoms with Crippen LogP contribution < -0.4 is 0 Å². The van der Waals surface area contributed by atoms with Gasteiger partial charge in [0.25, 0.3) is 0 Å². The fraction of sp³-hybridized carbons (Fsp3) is 0.238. The van der Waals surface area contributed by atoms with Crippen molar-refractivity contribution in [3.63, 3.8) is 0 Å². The minimum absolute atomic E-state index is 0.326. The Balaban J connectivity index is 1.84. The van der Waals surface area contributed by atoms with Crippen LogP contribution in [0.1, 0.15) is 30.9 Å². The van der Waals surface area contributed by atoms with Gasteiger partial charge in [-0.1, -0.05) is 68.4 Å². The molecule has 130 valence electrons. The van der Waals surface area contributed by atoms with Crippen molar-refractivity contribution in [1.82, 2.24) is 4.31 Å². The summed E-state index contributed by atoms with van der Waals surface area (Å²) in [4.78, 5) is 0.326. The molecule has 3 aromatic carbocycles. The number of fused-ring (bicyclic) bond motifs is 1. The predicted molar refractivity (Wildman–Crippen MR) is 103 cm³/mol. The third-order valence-corrected chi connectivity index (χ3v) is 6.28. The van der Waals surface area contributed by atoms with Crippen LogP contribution in [0.2, 0.25) is 0 Å². The molecule has 0 aliphatic rings. The highest BCUT2D eigenvalue weighted by molar-refractivity contribution is 7.89. The number of benzene rings is 3. The first-order chi connectivity index (χ1) is 11.9. The van der Waals surface area contributed by atoms with E-state index >= 15 is 0 Å². The van der Waals surface area contributed by atoms with Gasteiger partial charge in [-0.15, -0.1) is 0 Å². The van der Waals surface area contributed by atoms with Gasteiger partial charge in [0.1, 0.15) is 0 Å². The summed E-state index contributed by atoms with van der Waals surface area (Å²) in [5.41, 5.74) is 2.24. The second-order valence-electron chi connectivity index (χ2n) is 6.67. The van der Waals surface area contributed by atoms with Crippen LogP contribution in [0.15, 0.2) is 71.6 Å². The fourth-order valence-corrected chi connectivity index (χ4v) is 4.05. The van der Waals surface area contributed by atoms with E-state index in [4.69, 9.17) is 0 Å². The topological polar surface area (TPSA) is 37.4 Å². The van der Waals surface area contributed by atoms with Crippen LogP contribution in [0, 0.1) is 0 Å². The molecule has 3 rings (SSSR count). The number of sulfonamides is 1. The molecule has 0 N–H and O–H groups in total. The Morgan fingerprint density at radius 3 is 2.16 bits per heavy atom. The maximum Gasteiger partial charge on any atom is 0.243 e. The number of hydrogen-bond acceptors (Lipinski definition) is 2. The molecule has 4 heteroatoms. The Kier molecular flexibility index (Phi) is 4.93. The molecule has 0 saturated carbocycles. The van der Waals surface area contributed by atoms with Crippen molar-refractivity contribution in [2.45, 2.75) is 31.2 Å². The minimum atomic E-state index is -3.52. The molecular formula is C21H23NO2S. The molecule has 0 aromatic heterocycles. The molecule has 0 unspecified atom stereocenters. The van der Waals surface area contributed by atoms with Crippen molar-refractivity contribution in [3.8, 4) is 0 Å². The molecule has 0 radical (unpaired) electrons. The van der Waals surface area contributed by atoms with E-state index < -0.39 is 10.0 Å². The van der Waals surface area contributed by atoms with Crippen molar-refractivity contribution < 1.29 is 8.42 Å². The third-order valence-electron chi connectivity index (χ3n) is 4.48. The van der Waals surface area contributed by atoms with Gasteiger partial charge in [0.2, 0.25) is 10.0 Å². The maximum atomic E-state index is 12.9. The lowest BCUT2D eigenvalue weighted by Gasteiger charge is -2.18. The van der Waals surface area contributed by atoms with Gasteiger partial charge in [0.05, 0.1) is 4.90 Å². The quantitative estimate of drug-likeness (QED) is 0.662. The van der Waals surface area contributed by atoms with E-state index in [1.165, 1.54) is 9.87 Å². The maximum absolute atomic E-state index is 12.9. The molecule has 25 heavy (non-hydrogen) atoms. The zero-order valence-corrected chi connectivity index (χ0v) is 15.6. The molecule has 0 bridgehead atoms. The van der Waals surface area contributed by atoms with Gasteiger partial charge >= 0.3 is 0 Å². The summed E-state index contributed by atoms with van der Waals surface area (Å²) < 4.78 is 27.2. The van der Waals surface area contributed by atoms with Crippen LogP contribution in [-0.4, -0.2) is 19.8 Å². The largest absolute Gasteiger partial charge is 0.243 e. The highest BCUT2D eigenvalue weighted by Gasteiger charge is 2.21. The lowest BCUT2D eigenvalue weighted by Crippen LogP contribution is -2.26. The van der Waals surface area contributed by atoms with E-state index in [1.54, 1.807) is 19.2 Å². The lowest BCUT2D eigenvalue weighted by molar-refractivity contribution is 0.467. The van der Waals surface area contributed by atoms with Gasteiger partial charge in [-0.3, -0.25) is 0 Å². The Bertz CT molecular complexity index is 976. The van der Waals surface area contributed by atoms with Crippen LogP contribution in [0.3, 0.4) is 0 Å². The molecule has 0 saturated heterocycles. The molecular weight excluding hydrogens is 330 g/mol. The van der Waals surface area contributed by atoms with Gasteiger partial charge in [0.15, 0.2) is 0 Å². The third kappa shape index (κ3) is 3.75. The highest BCUT2D eigenvalue weighted by atomic mass is 32.2. The average Bonchev–Trinajstić information content (AvgIpc) is 2.61. The first kappa shape index (κ1) is 17.6. The Labute approximate surface area is 150 Å². The zero-order valence-electron chi connectivity index (χ0n) is 14.8. The van der Waals surface area contributed by atoms with Gasteiger partial charge in [0, 0.05) is 13.6 Å². The summed E-state index contributed by atoms with van der Waals surface area (Å²) in [5.74, 6) is 0.466. The van der Waals surface area contributed by atoms with Gasteiger partial charge < -0.3 is 0 Å². The van der Waals surface area contributed by atoms with Crippen LogP contribution >= 0.6 is 0 Å². The highest BCUT2D eigenvalue weighted by Crippen LogP contribution is 2.23. The molecule has 0 spiro atoms. The standard InChI is InChI=1S/C21H23NO2S/c1-16(2)18-10-8-17(9-11-18)15-22(3)25(23,24)21-13-12-19-6-4-5-7-20(19)14-21/h4-14,16H,15H2,1-3H3. The Morgan fingerprint density at radius 2 is 1.52 bits per heavy atom. The van der Waals surface area contributed by atoms with Gasteiger partial charge in [-0.25, -0.2) is 8.42 Å². The number of nitrogens with zero attached hydrogens (tertiary/aromatic N) is 1. The molecule has 3 aromatic rings. The zero-order chi connectivity index (χ0) is 18.0. The Morgan fingerprint density at radius 1 is 0.880 bits per heavy atom. The van der Waals surface area contributed by atoms with E-state index in [2.05, 4.69) is 26.0 Å². The smallest absolute Gasteiger partial charge is 0.207 e. The normalized spacial score (nSPS) is 12.2. The summed E-state index contributed by atoms with van der Waals surface area (Å²) in [6, 6.07) is 21.2. The van der Waals surface area contributed by atoms with E-state index in [1.807, 2.05) is 42.5 Å². The van der Waals surface area contributed by atoms with Crippen molar-refractivity contribution in [1.29, 1.82) is 0 Å². The van der Waals surface area contributed by atoms with E-state index in [-0.39, 0.29) is 0 Å². The molecule has 0 aliphatic carbocycles. The van der Waals surface area contributed by atoms with Crippen LogP contribution in [0.4, 0.5) is 0 Å². The summed E-state index contributed by atoms with van der Waals surface area (Å²) >= 11 is 0. The molecule has 3 nitrogen and oxygen atoms in total. The SMILES string of the molecule is CC(C)c1ccc(CN(C)S(=O)(=O)c2ccc3ccccc3c2)cc1. The fourth-order valence-electron chi connectivity index (χ4n) is 2.86. The monoisotopic (exact) mass is 353 g/mol. The van der Waals surface area contributed by atoms with Crippen molar-refractivity contribution in [2.24, 2.45) is 0 Å². The molecule has 0 heterocycles. The lowest BCUT2D eigenvalue weighted by atomic mass is 10.0. The van der Waals surface area contributed by atoms with Crippen molar-refractivity contribution in [2.75, 3.05) is 7.05 Å². The predicted octanol–water partition coefficient (Wildman–Crippen LogP) is 4.78. The van der Waals surface area contributed by atoms with Crippen LogP contribution in [-0.2, 0) is 16.6 Å². The van der Waals surface area contributed by atoms with E-state index in [0.29, 0.717) is 17.4 Å². The summed E-state index contributed by atoms with van der Waals surface area (Å²) in [7, 11) is -1.90. The van der Waals surface area contributed by atoms with E-state index in [9.17, 15) is 8.42 Å². The second kappa shape index (κ2) is 6.98. The summed E-state index contributed by atoms with van der Waals surface area (Å²) in [6.45, 7) is 4.64. The second-order valence-corrected chi connectivity index (χ2v) is 8.71. The van der Waals surface area contributed by atoms with E-state index in [0.717, 1.165) is 16.3 Å². The molecule has 0 amide bonds. The molecule has 0 atom stereocenters. The van der Waals surface area contributed by atoms with Crippen molar-refractivity contribution in [3.05, 3.63) is 77.9 Å². The van der Waals surface area contributed by atoms with Crippen molar-refractivity contribution >= 4 is 20.8 Å². The van der Waals surface area contributed by atoms with Crippen LogP contribution in [0.25, 0.3) is 10.8 Å². The average molecular weight is 353 g/mol. The minimum Gasteiger partial charge on any atom is -0.207 e. The Hall–Kier alpha value is -2.17. The van der Waals surface area contributed by atoms with Crippen LogP contribution in [0.5, 0.6) is 0 Å². The van der Waals surface area contributed by atoms with Gasteiger partial charge in [-0.05, 0) is 39.9 Å². The summed E-state index contributed by atoms with van der Waals surface area (Å²) in [6.07, 6.45) is 0. The first-order valence-corrected chi connectivity index (χ1v) is 9.86. The molecule has 0 aliphatic heterocycles. The first-order valence-electron chi connectivity index (χ1n) is 8.42. The number of rotatable bonds is 5. The van der Waals surface area contributed by atoms with Gasteiger partial charge in [-0.2, -0.15) is 4.31 Å². The molecule has 0 fully saturated rings. The summed E-state index contributed by atoms with van der Waals surface area (Å²) in [5, 5.41) is 1.96.